The van der Waals surface area contributed by atoms with E-state index < -0.39 is 0 Å². The first-order chi connectivity index (χ1) is 24.2. The molecular formula is C46H33N3. The first kappa shape index (κ1) is 27.8. The Morgan fingerprint density at radius 1 is 0.408 bits per heavy atom. The molecule has 0 amide bonds. The predicted octanol–water partition coefficient (Wildman–Crippen LogP) is 12.3. The molecule has 0 atom stereocenters. The van der Waals surface area contributed by atoms with E-state index in [1.54, 1.807) is 0 Å². The molecule has 49 heavy (non-hydrogen) atoms. The number of hydrogen-bond acceptors (Lipinski definition) is 0. The van der Waals surface area contributed by atoms with Gasteiger partial charge in [-0.1, -0.05) is 97.1 Å². The molecule has 232 valence electrons. The van der Waals surface area contributed by atoms with Crippen molar-refractivity contribution in [2.45, 2.75) is 13.8 Å². The number of hydrogen-bond donors (Lipinski definition) is 0. The van der Waals surface area contributed by atoms with E-state index >= 15 is 0 Å². The normalized spacial score (nSPS) is 12.4. The molecule has 0 aliphatic carbocycles. The Morgan fingerprint density at radius 2 is 0.796 bits per heavy atom. The Labute approximate surface area is 284 Å². The van der Waals surface area contributed by atoms with Crippen LogP contribution in [0, 0.1) is 6.92 Å². The van der Waals surface area contributed by atoms with Crippen molar-refractivity contribution in [2.24, 2.45) is 0 Å². The van der Waals surface area contributed by atoms with Gasteiger partial charge in [0.15, 0.2) is 0 Å². The minimum Gasteiger partial charge on any atom is -0.313 e. The predicted molar refractivity (Wildman–Crippen MR) is 209 cm³/mol. The molecule has 0 aliphatic rings. The first-order valence-electron chi connectivity index (χ1n) is 17.0. The van der Waals surface area contributed by atoms with Gasteiger partial charge in [-0.2, -0.15) is 0 Å². The maximum Gasteiger partial charge on any atom is 0.0541 e. The summed E-state index contributed by atoms with van der Waals surface area (Å²) in [6.45, 7) is 4.41. The van der Waals surface area contributed by atoms with E-state index in [2.05, 4.69) is 191 Å². The lowest BCUT2D eigenvalue weighted by Gasteiger charge is -2.11. The summed E-state index contributed by atoms with van der Waals surface area (Å²) in [6, 6.07) is 57.5. The van der Waals surface area contributed by atoms with Crippen LogP contribution in [0.1, 0.15) is 18.1 Å². The number of aromatic nitrogens is 3. The van der Waals surface area contributed by atoms with Gasteiger partial charge in [-0.05, 0) is 91.7 Å². The SMILES string of the molecule is C/C(=C\c1ccccc1C)n1c2ccc(-n3c4ccccc4c4ccccc43)cc2c2cc(-n3c4ccccc4c4ccccc43)ccc21. The number of benzene rings is 7. The fourth-order valence-electron chi connectivity index (χ4n) is 8.10. The Balaban J connectivity index is 1.29. The zero-order chi connectivity index (χ0) is 32.6. The minimum atomic E-state index is 1.16. The Morgan fingerprint density at radius 3 is 1.22 bits per heavy atom. The van der Waals surface area contributed by atoms with Crippen LogP contribution in [0.4, 0.5) is 0 Å². The monoisotopic (exact) mass is 627 g/mol. The zero-order valence-corrected chi connectivity index (χ0v) is 27.4. The van der Waals surface area contributed by atoms with Gasteiger partial charge >= 0.3 is 0 Å². The quantitative estimate of drug-likeness (QED) is 0.184. The molecule has 0 aliphatic heterocycles. The highest BCUT2D eigenvalue weighted by Gasteiger charge is 2.18. The molecular weight excluding hydrogens is 595 g/mol. The van der Waals surface area contributed by atoms with Gasteiger partial charge in [0.25, 0.3) is 0 Å². The molecule has 0 saturated heterocycles. The largest absolute Gasteiger partial charge is 0.313 e. The zero-order valence-electron chi connectivity index (χ0n) is 27.4. The van der Waals surface area contributed by atoms with E-state index in [0.29, 0.717) is 0 Å². The number of allylic oxidation sites excluding steroid dienone is 1. The van der Waals surface area contributed by atoms with Crippen molar-refractivity contribution in [3.05, 3.63) is 169 Å². The Hall–Kier alpha value is -6.32. The highest BCUT2D eigenvalue weighted by molar-refractivity contribution is 6.14. The second kappa shape index (κ2) is 10.6. The fraction of sp³-hybridized carbons (Fsp3) is 0.0435. The second-order valence-corrected chi connectivity index (χ2v) is 13.1. The van der Waals surface area contributed by atoms with Gasteiger partial charge in [-0.15, -0.1) is 0 Å². The van der Waals surface area contributed by atoms with Crippen molar-refractivity contribution in [2.75, 3.05) is 0 Å². The molecule has 0 spiro atoms. The van der Waals surface area contributed by atoms with E-state index in [4.69, 9.17) is 0 Å². The summed E-state index contributed by atoms with van der Waals surface area (Å²) in [7, 11) is 0. The summed E-state index contributed by atoms with van der Waals surface area (Å²) in [5.74, 6) is 0. The smallest absolute Gasteiger partial charge is 0.0541 e. The van der Waals surface area contributed by atoms with Crippen molar-refractivity contribution >= 4 is 77.2 Å². The van der Waals surface area contributed by atoms with Gasteiger partial charge in [0.2, 0.25) is 0 Å². The van der Waals surface area contributed by atoms with Gasteiger partial charge in [0.1, 0.15) is 0 Å². The van der Waals surface area contributed by atoms with Crippen molar-refractivity contribution < 1.29 is 0 Å². The van der Waals surface area contributed by atoms with E-state index in [9.17, 15) is 0 Å². The lowest BCUT2D eigenvalue weighted by molar-refractivity contribution is 1.17. The molecule has 3 aromatic heterocycles. The van der Waals surface area contributed by atoms with Crippen molar-refractivity contribution in [3.8, 4) is 11.4 Å². The Kier molecular flexibility index (Phi) is 6.00. The molecule has 0 saturated carbocycles. The van der Waals surface area contributed by atoms with Crippen LogP contribution in [0.3, 0.4) is 0 Å². The molecule has 3 heteroatoms. The number of para-hydroxylation sites is 4. The summed E-state index contributed by atoms with van der Waals surface area (Å²) in [6.07, 6.45) is 2.32. The minimum absolute atomic E-state index is 1.16. The van der Waals surface area contributed by atoms with Crippen LogP contribution in [0.25, 0.3) is 88.6 Å². The van der Waals surface area contributed by atoms with E-state index in [1.165, 1.54) is 82.2 Å². The molecule has 0 N–H and O–H groups in total. The number of nitrogens with zero attached hydrogens (tertiary/aromatic N) is 3. The molecule has 0 radical (unpaired) electrons. The summed E-state index contributed by atoms with van der Waals surface area (Å²) in [5.41, 5.74) is 13.3. The van der Waals surface area contributed by atoms with Crippen LogP contribution in [-0.4, -0.2) is 13.7 Å². The number of fused-ring (bicyclic) bond motifs is 9. The van der Waals surface area contributed by atoms with Crippen LogP contribution >= 0.6 is 0 Å². The standard InChI is InChI=1S/C46H33N3/c1-30-13-3-4-14-32(30)27-31(2)47-45-25-23-33(48-41-19-9-5-15-35(41)36-16-6-10-20-42(36)48)28-39(45)40-29-34(24-26-46(40)47)49-43-21-11-7-17-37(43)38-18-8-12-22-44(38)49/h3-29H,1-2H3/b31-27+. The molecule has 10 rings (SSSR count). The molecule has 0 fully saturated rings. The van der Waals surface area contributed by atoms with Gasteiger partial charge < -0.3 is 13.7 Å². The van der Waals surface area contributed by atoms with Gasteiger partial charge in [-0.25, -0.2) is 0 Å². The third-order valence-corrected chi connectivity index (χ3v) is 10.3. The van der Waals surface area contributed by atoms with Gasteiger partial charge in [0.05, 0.1) is 33.1 Å². The third-order valence-electron chi connectivity index (χ3n) is 10.3. The molecule has 7 aromatic carbocycles. The number of aryl methyl sites for hydroxylation is 1. The van der Waals surface area contributed by atoms with Crippen LogP contribution in [0.2, 0.25) is 0 Å². The fourth-order valence-corrected chi connectivity index (χ4v) is 8.10. The first-order valence-corrected chi connectivity index (χ1v) is 17.0. The van der Waals surface area contributed by atoms with Gasteiger partial charge in [-0.3, -0.25) is 0 Å². The summed E-state index contributed by atoms with van der Waals surface area (Å²) in [5, 5.41) is 7.54. The van der Waals surface area contributed by atoms with Gasteiger partial charge in [0, 0.05) is 49.4 Å². The molecule has 0 bridgehead atoms. The average Bonchev–Trinajstić information content (AvgIpc) is 3.78. The summed E-state index contributed by atoms with van der Waals surface area (Å²) < 4.78 is 7.27. The van der Waals surface area contributed by atoms with E-state index in [-0.39, 0.29) is 0 Å². The highest BCUT2D eigenvalue weighted by atomic mass is 15.0. The van der Waals surface area contributed by atoms with Crippen molar-refractivity contribution in [1.29, 1.82) is 0 Å². The lowest BCUT2D eigenvalue weighted by atomic mass is 10.1. The van der Waals surface area contributed by atoms with Crippen molar-refractivity contribution in [1.82, 2.24) is 13.7 Å². The maximum absolute atomic E-state index is 2.43. The third kappa shape index (κ3) is 4.09. The van der Waals surface area contributed by atoms with Crippen LogP contribution in [0.15, 0.2) is 158 Å². The van der Waals surface area contributed by atoms with E-state index in [0.717, 1.165) is 11.4 Å². The molecule has 0 unspecified atom stereocenters. The molecule has 3 nitrogen and oxygen atoms in total. The van der Waals surface area contributed by atoms with E-state index in [1.807, 2.05) is 0 Å². The number of rotatable bonds is 4. The second-order valence-electron chi connectivity index (χ2n) is 13.1. The Bertz CT molecular complexity index is 2680. The summed E-state index contributed by atoms with van der Waals surface area (Å²) >= 11 is 0. The van der Waals surface area contributed by atoms with Crippen LogP contribution in [-0.2, 0) is 0 Å². The average molecular weight is 628 g/mol. The highest BCUT2D eigenvalue weighted by Crippen LogP contribution is 2.39. The molecule has 3 heterocycles. The maximum atomic E-state index is 2.43. The van der Waals surface area contributed by atoms with Crippen LogP contribution < -0.4 is 0 Å². The van der Waals surface area contributed by atoms with Crippen LogP contribution in [0.5, 0.6) is 0 Å². The topological polar surface area (TPSA) is 14.8 Å². The van der Waals surface area contributed by atoms with Crippen molar-refractivity contribution in [3.63, 3.8) is 0 Å². The lowest BCUT2D eigenvalue weighted by Crippen LogP contribution is -1.96. The summed E-state index contributed by atoms with van der Waals surface area (Å²) in [4.78, 5) is 0. The molecule has 10 aromatic rings.